The number of phenolic OH excluding ortho intramolecular Hbond substituents is 3. The van der Waals surface area contributed by atoms with Crippen molar-refractivity contribution in [3.63, 3.8) is 0 Å². The van der Waals surface area contributed by atoms with Crippen molar-refractivity contribution in [1.29, 1.82) is 5.26 Å². The fourth-order valence-corrected chi connectivity index (χ4v) is 0.992. The van der Waals surface area contributed by atoms with Crippen molar-refractivity contribution in [2.45, 2.75) is 6.04 Å². The van der Waals surface area contributed by atoms with E-state index in [1.165, 1.54) is 0 Å². The molecule has 0 amide bonds. The summed E-state index contributed by atoms with van der Waals surface area (Å²) < 4.78 is 0. The second-order valence-electron chi connectivity index (χ2n) is 2.50. The average molecular weight is 180 g/mol. The van der Waals surface area contributed by atoms with Crippen molar-refractivity contribution in [3.05, 3.63) is 17.7 Å². The Morgan fingerprint density at radius 3 is 2.08 bits per heavy atom. The molecule has 0 aliphatic carbocycles. The van der Waals surface area contributed by atoms with Crippen molar-refractivity contribution < 1.29 is 15.3 Å². The predicted molar refractivity (Wildman–Crippen MR) is 44.0 cm³/mol. The van der Waals surface area contributed by atoms with Gasteiger partial charge < -0.3 is 21.1 Å². The summed E-state index contributed by atoms with van der Waals surface area (Å²) in [6, 6.07) is 2.56. The van der Waals surface area contributed by atoms with Crippen LogP contribution >= 0.6 is 0 Å². The van der Waals surface area contributed by atoms with Crippen LogP contribution in [0.2, 0.25) is 0 Å². The Hall–Kier alpha value is -1.93. The Balaban J connectivity index is 3.30. The lowest BCUT2D eigenvalue weighted by molar-refractivity contribution is 0.417. The Morgan fingerprint density at radius 2 is 1.69 bits per heavy atom. The third kappa shape index (κ3) is 1.63. The molecule has 13 heavy (non-hydrogen) atoms. The SMILES string of the molecule is N#CC(N)c1c(O)cc(O)cc1O. The maximum absolute atomic E-state index is 9.22. The van der Waals surface area contributed by atoms with E-state index in [0.29, 0.717) is 0 Å². The van der Waals surface area contributed by atoms with E-state index >= 15 is 0 Å². The first-order valence-corrected chi connectivity index (χ1v) is 3.46. The van der Waals surface area contributed by atoms with E-state index in [1.54, 1.807) is 6.07 Å². The minimum atomic E-state index is -1.11. The molecule has 5 heteroatoms. The Bertz CT molecular complexity index is 347. The van der Waals surface area contributed by atoms with Gasteiger partial charge in [-0.2, -0.15) is 5.26 Å². The van der Waals surface area contributed by atoms with E-state index in [0.717, 1.165) is 12.1 Å². The van der Waals surface area contributed by atoms with Gasteiger partial charge in [-0.1, -0.05) is 0 Å². The van der Waals surface area contributed by atoms with E-state index < -0.39 is 17.5 Å². The van der Waals surface area contributed by atoms with Crippen molar-refractivity contribution >= 4 is 0 Å². The predicted octanol–water partition coefficient (Wildman–Crippen LogP) is 0.327. The molecule has 1 rings (SSSR count). The van der Waals surface area contributed by atoms with Crippen LogP contribution in [0.4, 0.5) is 0 Å². The number of rotatable bonds is 1. The molecule has 0 aliphatic heterocycles. The maximum Gasteiger partial charge on any atom is 0.128 e. The number of aromatic hydroxyl groups is 3. The summed E-state index contributed by atoms with van der Waals surface area (Å²) >= 11 is 0. The van der Waals surface area contributed by atoms with Crippen LogP contribution in [0.3, 0.4) is 0 Å². The van der Waals surface area contributed by atoms with Crippen molar-refractivity contribution in [2.24, 2.45) is 5.73 Å². The van der Waals surface area contributed by atoms with Gasteiger partial charge in [0.1, 0.15) is 23.3 Å². The van der Waals surface area contributed by atoms with Gasteiger partial charge >= 0.3 is 0 Å². The molecule has 0 heterocycles. The molecule has 0 radical (unpaired) electrons. The number of phenols is 3. The standard InChI is InChI=1S/C8H8N2O3/c9-3-5(10)8-6(12)1-4(11)2-7(8)13/h1-2,5,11-13H,10H2. The molecule has 0 saturated heterocycles. The van der Waals surface area contributed by atoms with Crippen LogP contribution in [0.15, 0.2) is 12.1 Å². The molecular weight excluding hydrogens is 172 g/mol. The molecule has 1 atom stereocenters. The Morgan fingerprint density at radius 1 is 1.23 bits per heavy atom. The van der Waals surface area contributed by atoms with Gasteiger partial charge in [0.25, 0.3) is 0 Å². The van der Waals surface area contributed by atoms with Crippen LogP contribution in [-0.4, -0.2) is 15.3 Å². The van der Waals surface area contributed by atoms with E-state index in [9.17, 15) is 10.2 Å². The van der Waals surface area contributed by atoms with Crippen LogP contribution in [0, 0.1) is 11.3 Å². The first kappa shape index (κ1) is 9.16. The zero-order chi connectivity index (χ0) is 10.0. The first-order chi connectivity index (χ1) is 6.06. The average Bonchev–Trinajstić information content (AvgIpc) is 2.02. The van der Waals surface area contributed by atoms with Gasteiger partial charge in [0.05, 0.1) is 11.6 Å². The summed E-state index contributed by atoms with van der Waals surface area (Å²) in [4.78, 5) is 0. The fraction of sp³-hybridized carbons (Fsp3) is 0.125. The van der Waals surface area contributed by atoms with Gasteiger partial charge in [-0.25, -0.2) is 0 Å². The van der Waals surface area contributed by atoms with E-state index in [-0.39, 0.29) is 11.3 Å². The topological polar surface area (TPSA) is 111 Å². The molecule has 1 aromatic carbocycles. The summed E-state index contributed by atoms with van der Waals surface area (Å²) in [5.74, 6) is -1.08. The van der Waals surface area contributed by atoms with E-state index in [4.69, 9.17) is 16.1 Å². The summed E-state index contributed by atoms with van der Waals surface area (Å²) in [7, 11) is 0. The second-order valence-corrected chi connectivity index (χ2v) is 2.50. The molecule has 0 fully saturated rings. The maximum atomic E-state index is 9.22. The molecule has 0 spiro atoms. The highest BCUT2D eigenvalue weighted by Crippen LogP contribution is 2.35. The molecule has 0 aromatic heterocycles. The lowest BCUT2D eigenvalue weighted by atomic mass is 10.1. The zero-order valence-electron chi connectivity index (χ0n) is 6.60. The summed E-state index contributed by atoms with van der Waals surface area (Å²) in [6.07, 6.45) is 0. The highest BCUT2D eigenvalue weighted by molar-refractivity contribution is 5.51. The number of hydrogen-bond acceptors (Lipinski definition) is 5. The monoisotopic (exact) mass is 180 g/mol. The summed E-state index contributed by atoms with van der Waals surface area (Å²) in [6.45, 7) is 0. The fourth-order valence-electron chi connectivity index (χ4n) is 0.992. The number of nitrogens with zero attached hydrogens (tertiary/aromatic N) is 1. The van der Waals surface area contributed by atoms with Crippen molar-refractivity contribution in [3.8, 4) is 23.3 Å². The quantitative estimate of drug-likeness (QED) is 0.497. The van der Waals surface area contributed by atoms with Gasteiger partial charge in [0, 0.05) is 12.1 Å². The van der Waals surface area contributed by atoms with Crippen molar-refractivity contribution in [2.75, 3.05) is 0 Å². The van der Waals surface area contributed by atoms with E-state index in [1.807, 2.05) is 0 Å². The molecule has 0 saturated carbocycles. The Kier molecular flexibility index (Phi) is 2.26. The number of hydrogen-bond donors (Lipinski definition) is 4. The normalized spacial score (nSPS) is 12.0. The van der Waals surface area contributed by atoms with Gasteiger partial charge in [-0.3, -0.25) is 0 Å². The molecule has 5 N–H and O–H groups in total. The van der Waals surface area contributed by atoms with Crippen LogP contribution in [0.5, 0.6) is 17.2 Å². The van der Waals surface area contributed by atoms with E-state index in [2.05, 4.69) is 0 Å². The molecule has 68 valence electrons. The highest BCUT2D eigenvalue weighted by Gasteiger charge is 2.16. The first-order valence-electron chi connectivity index (χ1n) is 3.46. The van der Waals surface area contributed by atoms with Crippen LogP contribution in [0.25, 0.3) is 0 Å². The van der Waals surface area contributed by atoms with Gasteiger partial charge in [0.2, 0.25) is 0 Å². The summed E-state index contributed by atoms with van der Waals surface area (Å²) in [5.41, 5.74) is 5.20. The third-order valence-corrected chi connectivity index (χ3v) is 1.57. The second kappa shape index (κ2) is 3.21. The molecule has 0 aliphatic rings. The Labute approximate surface area is 74.3 Å². The summed E-state index contributed by atoms with van der Waals surface area (Å²) in [5, 5.41) is 35.8. The number of nitrogens with two attached hydrogens (primary N) is 1. The van der Waals surface area contributed by atoms with Gasteiger partial charge in [-0.15, -0.1) is 0 Å². The number of nitriles is 1. The smallest absolute Gasteiger partial charge is 0.128 e. The molecule has 5 nitrogen and oxygen atoms in total. The van der Waals surface area contributed by atoms with Crippen LogP contribution in [-0.2, 0) is 0 Å². The third-order valence-electron chi connectivity index (χ3n) is 1.57. The molecule has 1 unspecified atom stereocenters. The zero-order valence-corrected chi connectivity index (χ0v) is 6.60. The minimum Gasteiger partial charge on any atom is -0.508 e. The largest absolute Gasteiger partial charge is 0.508 e. The van der Waals surface area contributed by atoms with Gasteiger partial charge in [0.15, 0.2) is 0 Å². The van der Waals surface area contributed by atoms with Crippen LogP contribution in [0.1, 0.15) is 11.6 Å². The molecule has 0 bridgehead atoms. The van der Waals surface area contributed by atoms with Crippen LogP contribution < -0.4 is 5.73 Å². The molecule has 1 aromatic rings. The van der Waals surface area contributed by atoms with Crippen molar-refractivity contribution in [1.82, 2.24) is 0 Å². The lowest BCUT2D eigenvalue weighted by Gasteiger charge is -2.08. The minimum absolute atomic E-state index is 0.0831. The number of benzene rings is 1. The lowest BCUT2D eigenvalue weighted by Crippen LogP contribution is -2.07. The highest BCUT2D eigenvalue weighted by atomic mass is 16.3. The molecular formula is C8H8N2O3. The van der Waals surface area contributed by atoms with Gasteiger partial charge in [-0.05, 0) is 0 Å².